The van der Waals surface area contributed by atoms with Crippen LogP contribution < -0.4 is 4.74 Å². The van der Waals surface area contributed by atoms with Crippen LogP contribution >= 0.6 is 0 Å². The Morgan fingerprint density at radius 3 is 2.48 bits per heavy atom. The van der Waals surface area contributed by atoms with E-state index in [1.54, 1.807) is 12.1 Å². The molecule has 1 heterocycles. The third-order valence-electron chi connectivity index (χ3n) is 4.32. The van der Waals surface area contributed by atoms with Crippen molar-refractivity contribution in [2.24, 2.45) is 5.92 Å². The van der Waals surface area contributed by atoms with Gasteiger partial charge in [-0.2, -0.15) is 4.31 Å². The molecule has 6 nitrogen and oxygen atoms in total. The van der Waals surface area contributed by atoms with Crippen LogP contribution in [0.1, 0.15) is 24.0 Å². The molecule has 1 aliphatic rings. The Labute approximate surface area is 137 Å². The molecule has 0 spiro atoms. The molecule has 1 aliphatic heterocycles. The summed E-state index contributed by atoms with van der Waals surface area (Å²) in [6.45, 7) is 4.31. The van der Waals surface area contributed by atoms with Gasteiger partial charge < -0.3 is 9.47 Å². The number of methoxy groups -OCH3 is 2. The van der Waals surface area contributed by atoms with Crippen LogP contribution in [0.2, 0.25) is 0 Å². The minimum atomic E-state index is -3.72. The van der Waals surface area contributed by atoms with Gasteiger partial charge in [-0.25, -0.2) is 8.42 Å². The van der Waals surface area contributed by atoms with Crippen LogP contribution in [0.5, 0.6) is 5.75 Å². The van der Waals surface area contributed by atoms with Gasteiger partial charge in [-0.15, -0.1) is 0 Å². The van der Waals surface area contributed by atoms with Crippen molar-refractivity contribution in [3.8, 4) is 5.75 Å². The fourth-order valence-electron chi connectivity index (χ4n) is 2.78. The van der Waals surface area contributed by atoms with Crippen molar-refractivity contribution in [2.45, 2.75) is 31.6 Å². The Kier molecular flexibility index (Phi) is 5.31. The van der Waals surface area contributed by atoms with Crippen LogP contribution in [0.15, 0.2) is 17.0 Å². The van der Waals surface area contributed by atoms with Gasteiger partial charge in [0.2, 0.25) is 10.0 Å². The molecule has 0 N–H and O–H groups in total. The lowest BCUT2D eigenvalue weighted by Crippen LogP contribution is -2.42. The van der Waals surface area contributed by atoms with Crippen molar-refractivity contribution in [3.63, 3.8) is 0 Å². The van der Waals surface area contributed by atoms with Gasteiger partial charge in [0.05, 0.1) is 20.1 Å². The normalized spacial score (nSPS) is 19.4. The van der Waals surface area contributed by atoms with Crippen LogP contribution in [0.4, 0.5) is 0 Å². The lowest BCUT2D eigenvalue weighted by atomic mass is 10.0. The second-order valence-corrected chi connectivity index (χ2v) is 7.72. The van der Waals surface area contributed by atoms with E-state index in [0.717, 1.165) is 11.1 Å². The number of ether oxygens (including phenoxy) is 2. The highest BCUT2D eigenvalue weighted by atomic mass is 32.2. The molecule has 1 fully saturated rings. The van der Waals surface area contributed by atoms with Crippen molar-refractivity contribution < 1.29 is 22.7 Å². The van der Waals surface area contributed by atoms with E-state index in [0.29, 0.717) is 25.1 Å². The Morgan fingerprint density at radius 1 is 1.22 bits per heavy atom. The molecule has 0 aliphatic carbocycles. The number of sulfonamides is 1. The van der Waals surface area contributed by atoms with E-state index in [1.165, 1.54) is 18.5 Å². The highest BCUT2D eigenvalue weighted by molar-refractivity contribution is 7.89. The maximum atomic E-state index is 13.0. The quantitative estimate of drug-likeness (QED) is 0.782. The number of hydrogen-bond acceptors (Lipinski definition) is 5. The molecule has 23 heavy (non-hydrogen) atoms. The predicted molar refractivity (Wildman–Crippen MR) is 86.0 cm³/mol. The van der Waals surface area contributed by atoms with E-state index >= 15 is 0 Å². The van der Waals surface area contributed by atoms with Crippen molar-refractivity contribution in [2.75, 3.05) is 27.3 Å². The number of carbonyl (C=O) groups excluding carboxylic acids is 1. The molecule has 1 saturated heterocycles. The summed E-state index contributed by atoms with van der Waals surface area (Å²) in [4.78, 5) is 11.9. The summed E-state index contributed by atoms with van der Waals surface area (Å²) in [5, 5.41) is 0. The molecule has 0 radical (unpaired) electrons. The SMILES string of the molecule is COC(=O)C1CCCN(S(=O)(=O)c2cc(C)c(C)cc2OC)C1. The average Bonchev–Trinajstić information content (AvgIpc) is 2.56. The third kappa shape index (κ3) is 3.50. The number of carbonyl (C=O) groups is 1. The fourth-order valence-corrected chi connectivity index (χ4v) is 4.53. The molecule has 0 amide bonds. The molecular weight excluding hydrogens is 318 g/mol. The molecule has 0 aromatic heterocycles. The number of piperidine rings is 1. The first kappa shape index (κ1) is 17.7. The topological polar surface area (TPSA) is 72.9 Å². The summed E-state index contributed by atoms with van der Waals surface area (Å²) in [7, 11) is -0.942. The van der Waals surface area contributed by atoms with Gasteiger partial charge in [0, 0.05) is 13.1 Å². The fraction of sp³-hybridized carbons (Fsp3) is 0.562. The largest absolute Gasteiger partial charge is 0.495 e. The zero-order valence-corrected chi connectivity index (χ0v) is 14.8. The molecule has 1 aromatic carbocycles. The highest BCUT2D eigenvalue weighted by Crippen LogP contribution is 2.32. The van der Waals surface area contributed by atoms with Gasteiger partial charge in [-0.3, -0.25) is 4.79 Å². The van der Waals surface area contributed by atoms with E-state index < -0.39 is 15.9 Å². The summed E-state index contributed by atoms with van der Waals surface area (Å²) in [5.41, 5.74) is 1.85. The van der Waals surface area contributed by atoms with Crippen molar-refractivity contribution in [1.29, 1.82) is 0 Å². The highest BCUT2D eigenvalue weighted by Gasteiger charge is 2.35. The Balaban J connectivity index is 2.38. The van der Waals surface area contributed by atoms with Crippen molar-refractivity contribution in [3.05, 3.63) is 23.3 Å². The number of rotatable bonds is 4. The van der Waals surface area contributed by atoms with Gasteiger partial charge in [0.25, 0.3) is 0 Å². The summed E-state index contributed by atoms with van der Waals surface area (Å²) < 4.78 is 37.3. The van der Waals surface area contributed by atoms with E-state index in [1.807, 2.05) is 13.8 Å². The first-order valence-corrected chi connectivity index (χ1v) is 8.98. The minimum absolute atomic E-state index is 0.144. The van der Waals surface area contributed by atoms with Crippen LogP contribution in [-0.2, 0) is 19.6 Å². The molecule has 1 atom stereocenters. The van der Waals surface area contributed by atoms with Gasteiger partial charge >= 0.3 is 5.97 Å². The summed E-state index contributed by atoms with van der Waals surface area (Å²) in [6, 6.07) is 3.36. The van der Waals surface area contributed by atoms with Crippen molar-refractivity contribution >= 4 is 16.0 Å². The Morgan fingerprint density at radius 2 is 1.87 bits per heavy atom. The average molecular weight is 341 g/mol. The molecule has 128 valence electrons. The molecule has 0 bridgehead atoms. The lowest BCUT2D eigenvalue weighted by Gasteiger charge is -2.31. The lowest BCUT2D eigenvalue weighted by molar-refractivity contribution is -0.146. The molecular formula is C16H23NO5S. The molecule has 2 rings (SSSR count). The van der Waals surface area contributed by atoms with E-state index in [-0.39, 0.29) is 17.4 Å². The zero-order valence-electron chi connectivity index (χ0n) is 14.0. The van der Waals surface area contributed by atoms with E-state index in [9.17, 15) is 13.2 Å². The van der Waals surface area contributed by atoms with Crippen LogP contribution in [0.3, 0.4) is 0 Å². The van der Waals surface area contributed by atoms with Crippen molar-refractivity contribution in [1.82, 2.24) is 4.31 Å². The number of esters is 1. The van der Waals surface area contributed by atoms with Gasteiger partial charge in [-0.1, -0.05) is 0 Å². The minimum Gasteiger partial charge on any atom is -0.495 e. The second kappa shape index (κ2) is 6.88. The molecule has 7 heteroatoms. The molecule has 0 saturated carbocycles. The van der Waals surface area contributed by atoms with Gasteiger partial charge in [-0.05, 0) is 49.9 Å². The van der Waals surface area contributed by atoms with Crippen LogP contribution in [0, 0.1) is 19.8 Å². The number of nitrogens with zero attached hydrogens (tertiary/aromatic N) is 1. The first-order valence-electron chi connectivity index (χ1n) is 7.54. The maximum absolute atomic E-state index is 13.0. The van der Waals surface area contributed by atoms with E-state index in [4.69, 9.17) is 9.47 Å². The van der Waals surface area contributed by atoms with E-state index in [2.05, 4.69) is 0 Å². The van der Waals surface area contributed by atoms with Gasteiger partial charge in [0.15, 0.2) is 0 Å². The predicted octanol–water partition coefficient (Wildman–Crippen LogP) is 1.89. The maximum Gasteiger partial charge on any atom is 0.309 e. The Bertz CT molecular complexity index is 699. The number of aryl methyl sites for hydroxylation is 2. The summed E-state index contributed by atoms with van der Waals surface area (Å²) >= 11 is 0. The summed E-state index contributed by atoms with van der Waals surface area (Å²) in [6.07, 6.45) is 1.27. The van der Waals surface area contributed by atoms with Crippen LogP contribution in [-0.4, -0.2) is 46.0 Å². The monoisotopic (exact) mass is 341 g/mol. The molecule has 1 aromatic rings. The van der Waals surface area contributed by atoms with Crippen LogP contribution in [0.25, 0.3) is 0 Å². The summed E-state index contributed by atoms with van der Waals surface area (Å²) in [5.74, 6) is -0.452. The first-order chi connectivity index (χ1) is 10.8. The molecule has 1 unspecified atom stereocenters. The third-order valence-corrected chi connectivity index (χ3v) is 6.20. The standard InChI is InChI=1S/C16H23NO5S/c1-11-8-14(21-3)15(9-12(11)2)23(19,20)17-7-5-6-13(10-17)16(18)22-4/h8-9,13H,5-7,10H2,1-4H3. The number of benzene rings is 1. The zero-order chi connectivity index (χ0) is 17.2. The smallest absolute Gasteiger partial charge is 0.309 e. The Hall–Kier alpha value is -1.60. The second-order valence-electron chi connectivity index (χ2n) is 5.81. The van der Waals surface area contributed by atoms with Gasteiger partial charge in [0.1, 0.15) is 10.6 Å². The number of hydrogen-bond donors (Lipinski definition) is 0.